The summed E-state index contributed by atoms with van der Waals surface area (Å²) in [6, 6.07) is 5.93. The predicted molar refractivity (Wildman–Crippen MR) is 80.4 cm³/mol. The van der Waals surface area contributed by atoms with Crippen LogP contribution in [0.25, 0.3) is 0 Å². The number of hydrogen-bond acceptors (Lipinski definition) is 4. The van der Waals surface area contributed by atoms with Crippen molar-refractivity contribution < 1.29 is 4.39 Å². The van der Waals surface area contributed by atoms with Gasteiger partial charge in [0, 0.05) is 31.2 Å². The molecule has 0 aliphatic heterocycles. The summed E-state index contributed by atoms with van der Waals surface area (Å²) in [4.78, 5) is 23.8. The van der Waals surface area contributed by atoms with Gasteiger partial charge in [-0.2, -0.15) is 5.26 Å². The maximum absolute atomic E-state index is 13.7. The van der Waals surface area contributed by atoms with Crippen molar-refractivity contribution >= 4 is 17.4 Å². The van der Waals surface area contributed by atoms with Crippen LogP contribution >= 0.6 is 11.6 Å². The maximum atomic E-state index is 13.7. The van der Waals surface area contributed by atoms with E-state index in [1.165, 1.54) is 26.2 Å². The Morgan fingerprint density at radius 1 is 1.32 bits per heavy atom. The van der Waals surface area contributed by atoms with Gasteiger partial charge in [0.05, 0.1) is 0 Å². The van der Waals surface area contributed by atoms with Crippen molar-refractivity contribution in [3.63, 3.8) is 0 Å². The quantitative estimate of drug-likeness (QED) is 0.925. The summed E-state index contributed by atoms with van der Waals surface area (Å²) in [5, 5.41) is 12.1. The second kappa shape index (κ2) is 6.03. The first-order valence-electron chi connectivity index (χ1n) is 6.24. The first-order chi connectivity index (χ1) is 10.4. The van der Waals surface area contributed by atoms with E-state index in [9.17, 15) is 14.0 Å². The number of nitrogens with one attached hydrogen (secondary N) is 1. The van der Waals surface area contributed by atoms with Crippen LogP contribution in [-0.4, -0.2) is 9.13 Å². The fraction of sp³-hybridized carbons (Fsp3) is 0.214. The molecule has 0 saturated carbocycles. The number of nitrogens with zero attached hydrogens (tertiary/aromatic N) is 3. The molecule has 8 heteroatoms. The fourth-order valence-electron chi connectivity index (χ4n) is 2.00. The van der Waals surface area contributed by atoms with Crippen LogP contribution in [0.1, 0.15) is 11.1 Å². The lowest BCUT2D eigenvalue weighted by Gasteiger charge is -2.14. The van der Waals surface area contributed by atoms with Gasteiger partial charge in [0.25, 0.3) is 5.56 Å². The Bertz CT molecular complexity index is 895. The third kappa shape index (κ3) is 2.73. The summed E-state index contributed by atoms with van der Waals surface area (Å²) >= 11 is 5.67. The third-order valence-corrected chi connectivity index (χ3v) is 3.47. The third-order valence-electron chi connectivity index (χ3n) is 3.24. The van der Waals surface area contributed by atoms with E-state index >= 15 is 0 Å². The number of aromatic nitrogens is 2. The van der Waals surface area contributed by atoms with Crippen molar-refractivity contribution in [3.05, 3.63) is 61.0 Å². The second-order valence-corrected chi connectivity index (χ2v) is 5.07. The van der Waals surface area contributed by atoms with Gasteiger partial charge in [-0.1, -0.05) is 17.7 Å². The topological polar surface area (TPSA) is 79.8 Å². The Hall–Kier alpha value is -2.59. The zero-order chi connectivity index (χ0) is 16.4. The molecule has 1 heterocycles. The number of halogens is 2. The first-order valence-corrected chi connectivity index (χ1v) is 6.62. The molecule has 0 aliphatic carbocycles. The molecule has 2 rings (SSSR count). The predicted octanol–water partition coefficient (Wildman–Crippen LogP) is 1.36. The van der Waals surface area contributed by atoms with E-state index in [4.69, 9.17) is 16.9 Å². The summed E-state index contributed by atoms with van der Waals surface area (Å²) in [5.41, 5.74) is -1.20. The van der Waals surface area contributed by atoms with Crippen LogP contribution in [0.15, 0.2) is 27.8 Å². The summed E-state index contributed by atoms with van der Waals surface area (Å²) in [7, 11) is 2.71. The lowest BCUT2D eigenvalue weighted by molar-refractivity contribution is 0.612. The summed E-state index contributed by atoms with van der Waals surface area (Å²) < 4.78 is 15.7. The highest BCUT2D eigenvalue weighted by Crippen LogP contribution is 2.16. The van der Waals surface area contributed by atoms with Gasteiger partial charge in [-0.25, -0.2) is 9.18 Å². The van der Waals surface area contributed by atoms with Crippen LogP contribution in [0.3, 0.4) is 0 Å². The molecule has 114 valence electrons. The van der Waals surface area contributed by atoms with Crippen molar-refractivity contribution in [1.82, 2.24) is 9.13 Å². The summed E-state index contributed by atoms with van der Waals surface area (Å²) in [6.45, 7) is -0.00186. The molecular formula is C14H12ClFN4O2. The highest BCUT2D eigenvalue weighted by atomic mass is 35.5. The Labute approximate surface area is 130 Å². The standard InChI is InChI=1S/C14H12ClFN4O2/c1-19-12(10(6-17)13(21)20(2)14(19)22)18-7-8-3-4-9(15)5-11(8)16/h3-5,18H,7H2,1-2H3. The number of anilines is 1. The Morgan fingerprint density at radius 2 is 2.00 bits per heavy atom. The smallest absolute Gasteiger partial charge is 0.332 e. The monoisotopic (exact) mass is 322 g/mol. The molecule has 0 aliphatic rings. The van der Waals surface area contributed by atoms with Crippen LogP contribution in [-0.2, 0) is 20.6 Å². The van der Waals surface area contributed by atoms with E-state index in [-0.39, 0.29) is 22.9 Å². The number of benzene rings is 1. The van der Waals surface area contributed by atoms with Crippen molar-refractivity contribution in [2.45, 2.75) is 6.54 Å². The van der Waals surface area contributed by atoms with Gasteiger partial charge in [-0.3, -0.25) is 13.9 Å². The molecule has 0 unspecified atom stereocenters. The van der Waals surface area contributed by atoms with Gasteiger partial charge in [0.1, 0.15) is 17.7 Å². The normalized spacial score (nSPS) is 10.3. The van der Waals surface area contributed by atoms with E-state index in [1.807, 2.05) is 0 Å². The van der Waals surface area contributed by atoms with E-state index in [2.05, 4.69) is 5.32 Å². The molecule has 0 spiro atoms. The highest BCUT2D eigenvalue weighted by molar-refractivity contribution is 6.30. The molecular weight excluding hydrogens is 311 g/mol. The van der Waals surface area contributed by atoms with E-state index in [1.54, 1.807) is 6.07 Å². The van der Waals surface area contributed by atoms with Gasteiger partial charge >= 0.3 is 5.69 Å². The molecule has 6 nitrogen and oxygen atoms in total. The summed E-state index contributed by atoms with van der Waals surface area (Å²) in [6.07, 6.45) is 0. The largest absolute Gasteiger partial charge is 0.366 e. The molecule has 1 aromatic heterocycles. The minimum Gasteiger partial charge on any atom is -0.366 e. The molecule has 2 aromatic rings. The van der Waals surface area contributed by atoms with Crippen LogP contribution < -0.4 is 16.6 Å². The fourth-order valence-corrected chi connectivity index (χ4v) is 2.15. The maximum Gasteiger partial charge on any atom is 0.332 e. The minimum atomic E-state index is -0.704. The molecule has 1 N–H and O–H groups in total. The lowest BCUT2D eigenvalue weighted by atomic mass is 10.2. The van der Waals surface area contributed by atoms with Crippen LogP contribution in [0.2, 0.25) is 5.02 Å². The van der Waals surface area contributed by atoms with Crippen LogP contribution in [0, 0.1) is 17.1 Å². The van der Waals surface area contributed by atoms with E-state index < -0.39 is 17.1 Å². The minimum absolute atomic E-state index is 0.00186. The lowest BCUT2D eigenvalue weighted by Crippen LogP contribution is -2.39. The Balaban J connectivity index is 2.44. The molecule has 0 amide bonds. The van der Waals surface area contributed by atoms with Gasteiger partial charge in [0.2, 0.25) is 0 Å². The van der Waals surface area contributed by atoms with Gasteiger partial charge in [0.15, 0.2) is 5.56 Å². The molecule has 1 aromatic carbocycles. The SMILES string of the molecule is Cn1c(NCc2ccc(Cl)cc2F)c(C#N)c(=O)n(C)c1=O. The van der Waals surface area contributed by atoms with Crippen molar-refractivity contribution in [1.29, 1.82) is 5.26 Å². The number of hydrogen-bond donors (Lipinski definition) is 1. The molecule has 22 heavy (non-hydrogen) atoms. The molecule has 0 radical (unpaired) electrons. The molecule has 0 atom stereocenters. The zero-order valence-corrected chi connectivity index (χ0v) is 12.6. The van der Waals surface area contributed by atoms with Gasteiger partial charge in [-0.05, 0) is 12.1 Å². The molecule has 0 saturated heterocycles. The van der Waals surface area contributed by atoms with Crippen molar-refractivity contribution in [3.8, 4) is 6.07 Å². The number of rotatable bonds is 3. The number of nitriles is 1. The van der Waals surface area contributed by atoms with Crippen LogP contribution in [0.5, 0.6) is 0 Å². The zero-order valence-electron chi connectivity index (χ0n) is 11.9. The van der Waals surface area contributed by atoms with Crippen molar-refractivity contribution in [2.24, 2.45) is 14.1 Å². The molecule has 0 bridgehead atoms. The average molecular weight is 323 g/mol. The van der Waals surface area contributed by atoms with Crippen LogP contribution in [0.4, 0.5) is 10.2 Å². The van der Waals surface area contributed by atoms with E-state index in [0.29, 0.717) is 5.56 Å². The Kier molecular flexibility index (Phi) is 4.33. The van der Waals surface area contributed by atoms with Crippen molar-refractivity contribution in [2.75, 3.05) is 5.32 Å². The highest BCUT2D eigenvalue weighted by Gasteiger charge is 2.15. The molecule has 0 fully saturated rings. The summed E-state index contributed by atoms with van der Waals surface area (Å²) in [5.74, 6) is -0.475. The van der Waals surface area contributed by atoms with Gasteiger partial charge < -0.3 is 5.32 Å². The second-order valence-electron chi connectivity index (χ2n) is 4.63. The average Bonchev–Trinajstić information content (AvgIpc) is 2.49. The van der Waals surface area contributed by atoms with E-state index in [0.717, 1.165) is 15.2 Å². The van der Waals surface area contributed by atoms with Gasteiger partial charge in [-0.15, -0.1) is 0 Å². The first kappa shape index (κ1) is 15.8. The Morgan fingerprint density at radius 3 is 2.59 bits per heavy atom.